The molecule has 0 radical (unpaired) electrons. The maximum atomic E-state index is 13.6. The summed E-state index contributed by atoms with van der Waals surface area (Å²) in [6.45, 7) is -0.835. The first-order valence-electron chi connectivity index (χ1n) is 6.47. The molecule has 2 aromatic carbocycles. The van der Waals surface area contributed by atoms with Gasteiger partial charge in [0.15, 0.2) is 6.61 Å². The quantitative estimate of drug-likeness (QED) is 0.649. The first-order valence-corrected chi connectivity index (χ1v) is 8.02. The van der Waals surface area contributed by atoms with Crippen LogP contribution in [-0.4, -0.2) is 26.8 Å². The Bertz CT molecular complexity index is 912. The number of hydrogen-bond donors (Lipinski definition) is 1. The fourth-order valence-corrected chi connectivity index (χ4v) is 2.35. The minimum atomic E-state index is -4.15. The Morgan fingerprint density at radius 3 is 2.25 bits per heavy atom. The van der Waals surface area contributed by atoms with Crippen LogP contribution in [0.5, 0.6) is 0 Å². The van der Waals surface area contributed by atoms with Crippen LogP contribution in [0.4, 0.5) is 8.78 Å². The molecule has 0 unspecified atom stereocenters. The van der Waals surface area contributed by atoms with E-state index in [1.165, 1.54) is 18.2 Å². The maximum Gasteiger partial charge on any atom is 0.341 e. The predicted molar refractivity (Wildman–Crippen MR) is 78.8 cm³/mol. The maximum absolute atomic E-state index is 13.6. The van der Waals surface area contributed by atoms with E-state index in [0.717, 1.165) is 18.2 Å². The van der Waals surface area contributed by atoms with Gasteiger partial charge in [-0.2, -0.15) is 0 Å². The molecule has 0 atom stereocenters. The number of nitrogens with two attached hydrogens (primary N) is 1. The lowest BCUT2D eigenvalue weighted by Crippen LogP contribution is -2.18. The standard InChI is InChI=1S/C15H11F2NO5S/c16-12-4-2-1-3-10(12)14(19)8-23-15(20)11-7-9(24(18,21)22)5-6-13(11)17/h1-7H,8H2,(H2,18,21,22). The molecule has 2 aromatic rings. The number of ether oxygens (including phenoxy) is 1. The third-order valence-corrected chi connectivity index (χ3v) is 3.91. The molecule has 0 heterocycles. The number of hydrogen-bond acceptors (Lipinski definition) is 5. The Morgan fingerprint density at radius 2 is 1.62 bits per heavy atom. The zero-order chi connectivity index (χ0) is 17.9. The van der Waals surface area contributed by atoms with E-state index in [-0.39, 0.29) is 5.56 Å². The summed E-state index contributed by atoms with van der Waals surface area (Å²) >= 11 is 0. The highest BCUT2D eigenvalue weighted by molar-refractivity contribution is 7.89. The van der Waals surface area contributed by atoms with Gasteiger partial charge in [0.05, 0.1) is 16.0 Å². The second kappa shape index (κ2) is 6.85. The minimum Gasteiger partial charge on any atom is -0.454 e. The highest BCUT2D eigenvalue weighted by Crippen LogP contribution is 2.15. The summed E-state index contributed by atoms with van der Waals surface area (Å²) in [5.74, 6) is -3.95. The third-order valence-electron chi connectivity index (χ3n) is 2.99. The average Bonchev–Trinajstić information content (AvgIpc) is 2.52. The van der Waals surface area contributed by atoms with Gasteiger partial charge in [-0.3, -0.25) is 4.79 Å². The number of esters is 1. The fraction of sp³-hybridized carbons (Fsp3) is 0.0667. The Kier molecular flexibility index (Phi) is 5.05. The van der Waals surface area contributed by atoms with Gasteiger partial charge in [-0.25, -0.2) is 27.1 Å². The lowest BCUT2D eigenvalue weighted by Gasteiger charge is -2.07. The first-order chi connectivity index (χ1) is 11.2. The van der Waals surface area contributed by atoms with Crippen molar-refractivity contribution in [2.45, 2.75) is 4.90 Å². The van der Waals surface area contributed by atoms with Gasteiger partial charge < -0.3 is 4.74 Å². The molecule has 0 aliphatic heterocycles. The van der Waals surface area contributed by atoms with Gasteiger partial charge in [0.25, 0.3) is 0 Å². The molecule has 0 bridgehead atoms. The first kappa shape index (κ1) is 17.7. The molecule has 24 heavy (non-hydrogen) atoms. The lowest BCUT2D eigenvalue weighted by molar-refractivity contribution is 0.0468. The van der Waals surface area contributed by atoms with E-state index in [0.29, 0.717) is 6.07 Å². The molecule has 0 aromatic heterocycles. The molecule has 0 spiro atoms. The lowest BCUT2D eigenvalue weighted by atomic mass is 10.1. The Morgan fingerprint density at radius 1 is 1.00 bits per heavy atom. The van der Waals surface area contributed by atoms with Gasteiger partial charge in [-0.15, -0.1) is 0 Å². The second-order valence-corrected chi connectivity index (χ2v) is 6.23. The Hall–Kier alpha value is -2.65. The van der Waals surface area contributed by atoms with Crippen LogP contribution in [0.2, 0.25) is 0 Å². The number of sulfonamides is 1. The topological polar surface area (TPSA) is 104 Å². The van der Waals surface area contributed by atoms with E-state index in [9.17, 15) is 26.8 Å². The molecule has 126 valence electrons. The van der Waals surface area contributed by atoms with Crippen molar-refractivity contribution in [3.63, 3.8) is 0 Å². The molecule has 0 aliphatic carbocycles. The summed E-state index contributed by atoms with van der Waals surface area (Å²) in [6.07, 6.45) is 0. The number of benzene rings is 2. The summed E-state index contributed by atoms with van der Waals surface area (Å²) < 4.78 is 54.1. The summed E-state index contributed by atoms with van der Waals surface area (Å²) in [4.78, 5) is 23.1. The molecular formula is C15H11F2NO5S. The number of halogens is 2. The number of ketones is 1. The largest absolute Gasteiger partial charge is 0.454 e. The zero-order valence-corrected chi connectivity index (χ0v) is 12.8. The van der Waals surface area contributed by atoms with Crippen LogP contribution >= 0.6 is 0 Å². The van der Waals surface area contributed by atoms with E-state index < -0.39 is 50.5 Å². The van der Waals surface area contributed by atoms with E-state index in [1.54, 1.807) is 0 Å². The van der Waals surface area contributed by atoms with Gasteiger partial charge in [-0.1, -0.05) is 12.1 Å². The van der Waals surface area contributed by atoms with Gasteiger partial charge >= 0.3 is 5.97 Å². The molecule has 9 heteroatoms. The van der Waals surface area contributed by atoms with E-state index >= 15 is 0 Å². The van der Waals surface area contributed by atoms with Gasteiger partial charge in [0.1, 0.15) is 11.6 Å². The van der Waals surface area contributed by atoms with E-state index in [4.69, 9.17) is 5.14 Å². The summed E-state index contributed by atoms with van der Waals surface area (Å²) in [7, 11) is -4.15. The Balaban J connectivity index is 2.16. The molecule has 0 saturated carbocycles. The van der Waals surface area contributed by atoms with Crippen molar-refractivity contribution in [3.8, 4) is 0 Å². The van der Waals surface area contributed by atoms with Crippen molar-refractivity contribution < 1.29 is 31.5 Å². The summed E-state index contributed by atoms with van der Waals surface area (Å²) in [5.41, 5.74) is -0.994. The van der Waals surface area contributed by atoms with Crippen molar-refractivity contribution >= 4 is 21.8 Å². The number of carbonyl (C=O) groups excluding carboxylic acids is 2. The number of Topliss-reactive ketones (excluding diaryl/α,β-unsaturated/α-hetero) is 1. The monoisotopic (exact) mass is 355 g/mol. The molecule has 6 nitrogen and oxygen atoms in total. The number of rotatable bonds is 5. The van der Waals surface area contributed by atoms with Crippen LogP contribution in [0.15, 0.2) is 47.4 Å². The second-order valence-electron chi connectivity index (χ2n) is 4.67. The molecular weight excluding hydrogens is 344 g/mol. The van der Waals surface area contributed by atoms with E-state index in [1.807, 2.05) is 0 Å². The van der Waals surface area contributed by atoms with Crippen LogP contribution in [-0.2, 0) is 14.8 Å². The average molecular weight is 355 g/mol. The van der Waals surface area contributed by atoms with Crippen molar-refractivity contribution in [2.75, 3.05) is 6.61 Å². The van der Waals surface area contributed by atoms with Crippen LogP contribution in [0.1, 0.15) is 20.7 Å². The third kappa shape index (κ3) is 4.00. The molecule has 0 saturated heterocycles. The van der Waals surface area contributed by atoms with Gasteiger partial charge in [-0.05, 0) is 30.3 Å². The number of primary sulfonamides is 1. The van der Waals surface area contributed by atoms with Gasteiger partial charge in [0, 0.05) is 0 Å². The van der Waals surface area contributed by atoms with Crippen molar-refractivity contribution in [1.82, 2.24) is 0 Å². The molecule has 2 rings (SSSR count). The van der Waals surface area contributed by atoms with Crippen LogP contribution in [0.25, 0.3) is 0 Å². The molecule has 2 N–H and O–H groups in total. The molecule has 0 fully saturated rings. The summed E-state index contributed by atoms with van der Waals surface area (Å²) in [6, 6.07) is 7.37. The zero-order valence-electron chi connectivity index (χ0n) is 12.0. The number of carbonyl (C=O) groups is 2. The van der Waals surface area contributed by atoms with Crippen LogP contribution < -0.4 is 5.14 Å². The van der Waals surface area contributed by atoms with Crippen molar-refractivity contribution in [1.29, 1.82) is 0 Å². The SMILES string of the molecule is NS(=O)(=O)c1ccc(F)c(C(=O)OCC(=O)c2ccccc2F)c1. The van der Waals surface area contributed by atoms with Gasteiger partial charge in [0.2, 0.25) is 15.8 Å². The normalized spacial score (nSPS) is 11.1. The molecule has 0 aliphatic rings. The van der Waals surface area contributed by atoms with Crippen LogP contribution in [0, 0.1) is 11.6 Å². The fourth-order valence-electron chi connectivity index (χ4n) is 1.81. The van der Waals surface area contributed by atoms with Crippen LogP contribution in [0.3, 0.4) is 0 Å². The predicted octanol–water partition coefficient (Wildman–Crippen LogP) is 1.65. The Labute approximate surface area is 135 Å². The summed E-state index contributed by atoms with van der Waals surface area (Å²) in [5, 5.41) is 4.89. The van der Waals surface area contributed by atoms with Crippen molar-refractivity contribution in [3.05, 3.63) is 65.2 Å². The smallest absolute Gasteiger partial charge is 0.341 e. The molecule has 0 amide bonds. The highest BCUT2D eigenvalue weighted by atomic mass is 32.2. The van der Waals surface area contributed by atoms with E-state index in [2.05, 4.69) is 4.74 Å². The van der Waals surface area contributed by atoms with Crippen molar-refractivity contribution in [2.24, 2.45) is 5.14 Å². The highest BCUT2D eigenvalue weighted by Gasteiger charge is 2.20. The minimum absolute atomic E-state index is 0.288.